The van der Waals surface area contributed by atoms with Crippen molar-refractivity contribution in [3.05, 3.63) is 65.3 Å². The molecule has 0 atom stereocenters. The van der Waals surface area contributed by atoms with E-state index in [-0.39, 0.29) is 11.8 Å². The summed E-state index contributed by atoms with van der Waals surface area (Å²) in [6, 6.07) is 14.7. The van der Waals surface area contributed by atoms with Crippen LogP contribution in [-0.4, -0.2) is 33.0 Å². The molecule has 4 N–H and O–H groups in total. The summed E-state index contributed by atoms with van der Waals surface area (Å²) in [5, 5.41) is 17.1. The molecule has 146 valence electrons. The number of benzene rings is 2. The van der Waals surface area contributed by atoms with Crippen LogP contribution in [0.2, 0.25) is 5.02 Å². The maximum Gasteiger partial charge on any atom is 0.224 e. The van der Waals surface area contributed by atoms with Crippen LogP contribution < -0.4 is 10.6 Å². The van der Waals surface area contributed by atoms with Crippen molar-refractivity contribution in [2.75, 3.05) is 12.4 Å². The van der Waals surface area contributed by atoms with Gasteiger partial charge in [0, 0.05) is 24.5 Å². The Hall–Kier alpha value is -3.58. The lowest BCUT2D eigenvalue weighted by molar-refractivity contribution is -0.119. The van der Waals surface area contributed by atoms with Crippen LogP contribution in [0, 0.1) is 0 Å². The third-order valence-corrected chi connectivity index (χ3v) is 4.82. The molecule has 0 aliphatic heterocycles. The highest BCUT2D eigenvalue weighted by molar-refractivity contribution is 6.33. The minimum absolute atomic E-state index is 0.0237. The van der Waals surface area contributed by atoms with Gasteiger partial charge in [-0.05, 0) is 29.8 Å². The van der Waals surface area contributed by atoms with E-state index in [0.29, 0.717) is 39.6 Å². The number of hydrogen-bond acceptors (Lipinski definition) is 5. The summed E-state index contributed by atoms with van der Waals surface area (Å²) >= 11 is 6.31. The molecule has 0 saturated heterocycles. The van der Waals surface area contributed by atoms with E-state index >= 15 is 0 Å². The predicted octanol–water partition coefficient (Wildman–Crippen LogP) is 4.02. The van der Waals surface area contributed by atoms with Gasteiger partial charge in [0.15, 0.2) is 5.82 Å². The Bertz CT molecular complexity index is 1190. The number of halogens is 1. The van der Waals surface area contributed by atoms with Crippen LogP contribution in [0.4, 0.5) is 11.5 Å². The van der Waals surface area contributed by atoms with Crippen molar-refractivity contribution in [2.24, 2.45) is 0 Å². The van der Waals surface area contributed by atoms with Gasteiger partial charge >= 0.3 is 0 Å². The second-order valence-corrected chi connectivity index (χ2v) is 6.85. The van der Waals surface area contributed by atoms with Gasteiger partial charge in [0.05, 0.1) is 17.0 Å². The van der Waals surface area contributed by atoms with Gasteiger partial charge in [-0.15, -0.1) is 0 Å². The molecule has 29 heavy (non-hydrogen) atoms. The van der Waals surface area contributed by atoms with Gasteiger partial charge in [-0.2, -0.15) is 0 Å². The Morgan fingerprint density at radius 1 is 1.14 bits per heavy atom. The van der Waals surface area contributed by atoms with Gasteiger partial charge < -0.3 is 20.7 Å². The van der Waals surface area contributed by atoms with Gasteiger partial charge in [0.1, 0.15) is 11.2 Å². The molecule has 8 heteroatoms. The average molecular weight is 408 g/mol. The van der Waals surface area contributed by atoms with Crippen LogP contribution in [-0.2, 0) is 11.2 Å². The van der Waals surface area contributed by atoms with Gasteiger partial charge in [0.25, 0.3) is 0 Å². The number of aromatic hydroxyl groups is 1. The largest absolute Gasteiger partial charge is 0.494 e. The quantitative estimate of drug-likeness (QED) is 0.400. The topological polar surface area (TPSA) is 103 Å². The van der Waals surface area contributed by atoms with Crippen molar-refractivity contribution in [1.82, 2.24) is 20.3 Å². The number of aromatic amines is 1. The number of amides is 1. The van der Waals surface area contributed by atoms with Crippen LogP contribution in [0.15, 0.2) is 54.7 Å². The van der Waals surface area contributed by atoms with Crippen molar-refractivity contribution in [3.63, 3.8) is 0 Å². The Labute approximate surface area is 171 Å². The number of carbonyl (C=O) groups excluding carboxylic acids is 1. The summed E-state index contributed by atoms with van der Waals surface area (Å²) in [5.41, 5.74) is 2.91. The Kier molecular flexibility index (Phi) is 5.05. The van der Waals surface area contributed by atoms with Gasteiger partial charge in [0.2, 0.25) is 11.8 Å². The molecule has 0 fully saturated rings. The summed E-state index contributed by atoms with van der Waals surface area (Å²) in [4.78, 5) is 23.4. The molecule has 0 aliphatic carbocycles. The zero-order chi connectivity index (χ0) is 20.4. The summed E-state index contributed by atoms with van der Waals surface area (Å²) < 4.78 is 0. The fourth-order valence-electron chi connectivity index (χ4n) is 2.99. The first-order valence-electron chi connectivity index (χ1n) is 8.94. The van der Waals surface area contributed by atoms with Crippen molar-refractivity contribution in [3.8, 4) is 17.3 Å². The predicted molar refractivity (Wildman–Crippen MR) is 113 cm³/mol. The van der Waals surface area contributed by atoms with Crippen LogP contribution in [0.25, 0.3) is 22.3 Å². The highest BCUT2D eigenvalue weighted by Gasteiger charge is 2.16. The van der Waals surface area contributed by atoms with E-state index in [2.05, 4.69) is 25.6 Å². The Morgan fingerprint density at radius 2 is 1.90 bits per heavy atom. The highest BCUT2D eigenvalue weighted by Crippen LogP contribution is 2.34. The number of likely N-dealkylation sites (N-methyl/N-ethyl adjacent to an activating group) is 1. The van der Waals surface area contributed by atoms with Crippen molar-refractivity contribution >= 4 is 39.9 Å². The van der Waals surface area contributed by atoms with E-state index in [1.165, 1.54) is 0 Å². The first-order valence-corrected chi connectivity index (χ1v) is 9.32. The number of fused-ring (bicyclic) bond motifs is 1. The molecular weight excluding hydrogens is 390 g/mol. The molecule has 2 aromatic heterocycles. The zero-order valence-electron chi connectivity index (χ0n) is 15.5. The second-order valence-electron chi connectivity index (χ2n) is 6.45. The van der Waals surface area contributed by atoms with Gasteiger partial charge in [-0.1, -0.05) is 35.9 Å². The standard InChI is InChI=1S/C21H18ClN5O2/c1-23-17(28)10-12-6-8-13(9-7-12)25-20-18-16(11-24-21(18)29)26-19(27-20)14-4-2-3-5-15(14)22/h2-9,11,24,29H,10H2,1H3,(H,23,28)(H,25,26,27). The minimum Gasteiger partial charge on any atom is -0.494 e. The van der Waals surface area contributed by atoms with E-state index in [1.807, 2.05) is 42.5 Å². The molecular formula is C21H18ClN5O2. The number of anilines is 2. The Morgan fingerprint density at radius 3 is 2.62 bits per heavy atom. The smallest absolute Gasteiger partial charge is 0.224 e. The third-order valence-electron chi connectivity index (χ3n) is 4.49. The SMILES string of the molecule is CNC(=O)Cc1ccc(Nc2nc(-c3ccccc3Cl)nc3c[nH]c(O)c23)cc1. The average Bonchev–Trinajstić information content (AvgIpc) is 3.10. The number of nitrogens with one attached hydrogen (secondary N) is 3. The van der Waals surface area contributed by atoms with E-state index in [4.69, 9.17) is 11.6 Å². The van der Waals surface area contributed by atoms with Crippen molar-refractivity contribution < 1.29 is 9.90 Å². The van der Waals surface area contributed by atoms with Gasteiger partial charge in [-0.3, -0.25) is 4.79 Å². The molecule has 2 aromatic carbocycles. The lowest BCUT2D eigenvalue weighted by atomic mass is 10.1. The zero-order valence-corrected chi connectivity index (χ0v) is 16.3. The number of rotatable bonds is 5. The normalized spacial score (nSPS) is 10.8. The fourth-order valence-corrected chi connectivity index (χ4v) is 3.22. The number of H-pyrrole nitrogens is 1. The number of carbonyl (C=O) groups is 1. The molecule has 2 heterocycles. The molecule has 0 saturated carbocycles. The molecule has 0 radical (unpaired) electrons. The van der Waals surface area contributed by atoms with Crippen LogP contribution >= 0.6 is 11.6 Å². The summed E-state index contributed by atoms with van der Waals surface area (Å²) in [6.07, 6.45) is 1.92. The molecule has 7 nitrogen and oxygen atoms in total. The molecule has 4 aromatic rings. The van der Waals surface area contributed by atoms with E-state index < -0.39 is 0 Å². The summed E-state index contributed by atoms with van der Waals surface area (Å²) in [6.45, 7) is 0. The molecule has 0 unspecified atom stereocenters. The van der Waals surface area contributed by atoms with Crippen LogP contribution in [0.5, 0.6) is 5.88 Å². The summed E-state index contributed by atoms with van der Waals surface area (Å²) in [7, 11) is 1.61. The molecule has 0 aliphatic rings. The second kappa shape index (κ2) is 7.81. The molecule has 0 bridgehead atoms. The first kappa shape index (κ1) is 18.8. The maximum absolute atomic E-state index is 11.5. The van der Waals surface area contributed by atoms with E-state index in [9.17, 15) is 9.90 Å². The maximum atomic E-state index is 11.5. The van der Waals surface area contributed by atoms with E-state index in [1.54, 1.807) is 19.3 Å². The first-order chi connectivity index (χ1) is 14.0. The lowest BCUT2D eigenvalue weighted by Crippen LogP contribution is -2.19. The highest BCUT2D eigenvalue weighted by atomic mass is 35.5. The molecule has 1 amide bonds. The van der Waals surface area contributed by atoms with Gasteiger partial charge in [-0.25, -0.2) is 9.97 Å². The van der Waals surface area contributed by atoms with E-state index in [0.717, 1.165) is 11.3 Å². The monoisotopic (exact) mass is 407 g/mol. The number of hydrogen-bond donors (Lipinski definition) is 4. The molecule has 4 rings (SSSR count). The van der Waals surface area contributed by atoms with Crippen molar-refractivity contribution in [2.45, 2.75) is 6.42 Å². The van der Waals surface area contributed by atoms with Crippen LogP contribution in [0.3, 0.4) is 0 Å². The third kappa shape index (κ3) is 3.86. The van der Waals surface area contributed by atoms with Crippen molar-refractivity contribution in [1.29, 1.82) is 0 Å². The molecule has 0 spiro atoms. The minimum atomic E-state index is -0.0511. The van der Waals surface area contributed by atoms with Crippen LogP contribution in [0.1, 0.15) is 5.56 Å². The lowest BCUT2D eigenvalue weighted by Gasteiger charge is -2.11. The Balaban J connectivity index is 1.72. The fraction of sp³-hybridized carbons (Fsp3) is 0.0952. The summed E-state index contributed by atoms with van der Waals surface area (Å²) in [5.74, 6) is 0.817. The number of nitrogens with zero attached hydrogens (tertiary/aromatic N) is 2. The number of aromatic nitrogens is 3.